The Labute approximate surface area is 158 Å². The zero-order chi connectivity index (χ0) is 17.9. The van der Waals surface area contributed by atoms with Gasteiger partial charge in [-0.25, -0.2) is 0 Å². The van der Waals surface area contributed by atoms with Crippen LogP contribution in [0, 0.1) is 17.8 Å². The van der Waals surface area contributed by atoms with Gasteiger partial charge in [0.25, 0.3) is 0 Å². The van der Waals surface area contributed by atoms with Gasteiger partial charge in [-0.1, -0.05) is 25.8 Å². The normalized spacial score (nSPS) is 39.2. The highest BCUT2D eigenvalue weighted by Gasteiger charge is 2.45. The van der Waals surface area contributed by atoms with Crippen LogP contribution in [0.2, 0.25) is 0 Å². The highest BCUT2D eigenvalue weighted by atomic mass is 16.2. The van der Waals surface area contributed by atoms with Gasteiger partial charge in [0.2, 0.25) is 5.91 Å². The molecule has 3 heterocycles. The number of nitrogens with zero attached hydrogens (tertiary/aromatic N) is 1. The number of rotatable bonds is 3. The summed E-state index contributed by atoms with van der Waals surface area (Å²) in [6.07, 6.45) is 12.4. The average Bonchev–Trinajstić information content (AvgIpc) is 2.73. The van der Waals surface area contributed by atoms with E-state index in [1.165, 1.54) is 57.6 Å². The monoisotopic (exact) mass is 360 g/mol. The standard InChI is InChI=1S/C21H36N4O/c1-2-19(26)25-12-10-17-18(14-25)23-21(15-7-4-3-5-8-15)24-20(17)16-9-6-11-22-13-16/h2,15-18,20-24H,1,3-14H2. The molecule has 0 spiro atoms. The first kappa shape index (κ1) is 18.5. The fourth-order valence-electron chi connectivity index (χ4n) is 5.93. The Kier molecular flexibility index (Phi) is 5.97. The lowest BCUT2D eigenvalue weighted by molar-refractivity contribution is -0.129. The predicted molar refractivity (Wildman–Crippen MR) is 105 cm³/mol. The Hall–Kier alpha value is -0.910. The second kappa shape index (κ2) is 8.41. The molecule has 4 fully saturated rings. The molecule has 0 aromatic rings. The van der Waals surface area contributed by atoms with Gasteiger partial charge >= 0.3 is 0 Å². The Balaban J connectivity index is 1.50. The van der Waals surface area contributed by atoms with Crippen LogP contribution in [0.15, 0.2) is 12.7 Å². The van der Waals surface area contributed by atoms with Crippen LogP contribution < -0.4 is 16.0 Å². The van der Waals surface area contributed by atoms with E-state index in [1.54, 1.807) is 0 Å². The molecule has 5 unspecified atom stereocenters. The molecule has 0 aromatic heterocycles. The maximum Gasteiger partial charge on any atom is 0.246 e. The van der Waals surface area contributed by atoms with Crippen molar-refractivity contribution in [3.05, 3.63) is 12.7 Å². The van der Waals surface area contributed by atoms with E-state index in [2.05, 4.69) is 22.5 Å². The zero-order valence-electron chi connectivity index (χ0n) is 16.1. The van der Waals surface area contributed by atoms with Crippen molar-refractivity contribution in [1.29, 1.82) is 0 Å². The van der Waals surface area contributed by atoms with E-state index < -0.39 is 0 Å². The van der Waals surface area contributed by atoms with Crippen molar-refractivity contribution >= 4 is 5.91 Å². The summed E-state index contributed by atoms with van der Waals surface area (Å²) < 4.78 is 0. The van der Waals surface area contributed by atoms with Gasteiger partial charge in [0.15, 0.2) is 0 Å². The third-order valence-electron chi connectivity index (χ3n) is 7.34. The third-order valence-corrected chi connectivity index (χ3v) is 7.34. The SMILES string of the molecule is C=CC(=O)N1CCC2C(C1)NC(C1CCCCC1)NC2C1CCCNC1. The first-order chi connectivity index (χ1) is 12.8. The van der Waals surface area contributed by atoms with Crippen LogP contribution >= 0.6 is 0 Å². The van der Waals surface area contributed by atoms with Crippen LogP contribution in [0.4, 0.5) is 0 Å². The summed E-state index contributed by atoms with van der Waals surface area (Å²) in [5.74, 6) is 2.20. The summed E-state index contributed by atoms with van der Waals surface area (Å²) in [5.41, 5.74) is 0. The molecule has 26 heavy (non-hydrogen) atoms. The Morgan fingerprint density at radius 3 is 2.54 bits per heavy atom. The van der Waals surface area contributed by atoms with Crippen molar-refractivity contribution in [1.82, 2.24) is 20.9 Å². The van der Waals surface area contributed by atoms with Crippen LogP contribution in [0.3, 0.4) is 0 Å². The lowest BCUT2D eigenvalue weighted by Crippen LogP contribution is -2.71. The maximum absolute atomic E-state index is 12.2. The molecule has 146 valence electrons. The fraction of sp³-hybridized carbons (Fsp3) is 0.857. The molecule has 5 atom stereocenters. The molecule has 1 aliphatic carbocycles. The Morgan fingerprint density at radius 2 is 1.81 bits per heavy atom. The quantitative estimate of drug-likeness (QED) is 0.673. The number of hydrogen-bond donors (Lipinski definition) is 3. The number of hydrogen-bond acceptors (Lipinski definition) is 4. The zero-order valence-corrected chi connectivity index (χ0v) is 16.1. The summed E-state index contributed by atoms with van der Waals surface area (Å²) in [6, 6.07) is 1.01. The number of carbonyl (C=O) groups excluding carboxylic acids is 1. The molecule has 0 radical (unpaired) electrons. The lowest BCUT2D eigenvalue weighted by atomic mass is 9.73. The molecule has 4 rings (SSSR count). The minimum absolute atomic E-state index is 0.0916. The van der Waals surface area contributed by atoms with Crippen LogP contribution in [0.5, 0.6) is 0 Å². The Bertz CT molecular complexity index is 498. The lowest BCUT2D eigenvalue weighted by Gasteiger charge is -2.53. The first-order valence-electron chi connectivity index (χ1n) is 10.9. The van der Waals surface area contributed by atoms with Crippen LogP contribution in [-0.2, 0) is 4.79 Å². The number of carbonyl (C=O) groups is 1. The van der Waals surface area contributed by atoms with Crippen LogP contribution in [-0.4, -0.2) is 55.2 Å². The van der Waals surface area contributed by atoms with Gasteiger partial charge in [-0.15, -0.1) is 0 Å². The molecule has 5 nitrogen and oxygen atoms in total. The molecule has 3 N–H and O–H groups in total. The number of fused-ring (bicyclic) bond motifs is 1. The molecule has 0 aromatic carbocycles. The molecule has 5 heteroatoms. The maximum atomic E-state index is 12.2. The van der Waals surface area contributed by atoms with E-state index in [0.29, 0.717) is 24.2 Å². The number of piperidine rings is 2. The molecule has 3 aliphatic heterocycles. The van der Waals surface area contributed by atoms with E-state index in [-0.39, 0.29) is 5.91 Å². The molecule has 4 aliphatic rings. The fourth-order valence-corrected chi connectivity index (χ4v) is 5.93. The number of likely N-dealkylation sites (tertiary alicyclic amines) is 1. The summed E-state index contributed by atoms with van der Waals surface area (Å²) >= 11 is 0. The average molecular weight is 361 g/mol. The van der Waals surface area contributed by atoms with Crippen molar-refractivity contribution in [2.24, 2.45) is 17.8 Å². The molecule has 3 saturated heterocycles. The van der Waals surface area contributed by atoms with Crippen molar-refractivity contribution in [3.8, 4) is 0 Å². The van der Waals surface area contributed by atoms with Crippen LogP contribution in [0.25, 0.3) is 0 Å². The van der Waals surface area contributed by atoms with E-state index in [0.717, 1.165) is 37.9 Å². The van der Waals surface area contributed by atoms with Crippen molar-refractivity contribution in [2.45, 2.75) is 69.6 Å². The van der Waals surface area contributed by atoms with Gasteiger partial charge in [0.05, 0.1) is 6.17 Å². The number of nitrogens with one attached hydrogen (secondary N) is 3. The van der Waals surface area contributed by atoms with E-state index in [1.807, 2.05) is 4.90 Å². The summed E-state index contributed by atoms with van der Waals surface area (Å²) in [5, 5.41) is 11.6. The van der Waals surface area contributed by atoms with E-state index >= 15 is 0 Å². The van der Waals surface area contributed by atoms with Crippen molar-refractivity contribution in [2.75, 3.05) is 26.2 Å². The van der Waals surface area contributed by atoms with Crippen molar-refractivity contribution in [3.63, 3.8) is 0 Å². The highest BCUT2D eigenvalue weighted by molar-refractivity contribution is 5.87. The van der Waals surface area contributed by atoms with Gasteiger partial charge in [0, 0.05) is 25.2 Å². The minimum atomic E-state index is 0.0916. The summed E-state index contributed by atoms with van der Waals surface area (Å²) in [4.78, 5) is 14.2. The van der Waals surface area contributed by atoms with Gasteiger partial charge in [-0.2, -0.15) is 0 Å². The summed E-state index contributed by atoms with van der Waals surface area (Å²) in [6.45, 7) is 7.72. The highest BCUT2D eigenvalue weighted by Crippen LogP contribution is 2.35. The molecule has 1 amide bonds. The van der Waals surface area contributed by atoms with Crippen LogP contribution in [0.1, 0.15) is 51.4 Å². The van der Waals surface area contributed by atoms with Gasteiger partial charge in [-0.3, -0.25) is 15.4 Å². The molecule has 0 bridgehead atoms. The van der Waals surface area contributed by atoms with E-state index in [9.17, 15) is 4.79 Å². The smallest absolute Gasteiger partial charge is 0.246 e. The second-order valence-corrected chi connectivity index (χ2v) is 8.89. The topological polar surface area (TPSA) is 56.4 Å². The minimum Gasteiger partial charge on any atom is -0.338 e. The Morgan fingerprint density at radius 1 is 1.00 bits per heavy atom. The second-order valence-electron chi connectivity index (χ2n) is 8.89. The first-order valence-corrected chi connectivity index (χ1v) is 10.9. The van der Waals surface area contributed by atoms with Gasteiger partial charge in [0.1, 0.15) is 0 Å². The number of amides is 1. The predicted octanol–water partition coefficient (Wildman–Crippen LogP) is 1.86. The third kappa shape index (κ3) is 3.85. The summed E-state index contributed by atoms with van der Waals surface area (Å²) in [7, 11) is 0. The molecule has 1 saturated carbocycles. The van der Waals surface area contributed by atoms with Gasteiger partial charge < -0.3 is 10.2 Å². The van der Waals surface area contributed by atoms with Gasteiger partial charge in [-0.05, 0) is 69.0 Å². The largest absolute Gasteiger partial charge is 0.338 e. The van der Waals surface area contributed by atoms with E-state index in [4.69, 9.17) is 0 Å². The van der Waals surface area contributed by atoms with Crippen molar-refractivity contribution < 1.29 is 4.79 Å². The molecular formula is C21H36N4O. The molecular weight excluding hydrogens is 324 g/mol.